The lowest BCUT2D eigenvalue weighted by molar-refractivity contribution is 0.237. The van der Waals surface area contributed by atoms with Crippen molar-refractivity contribution in [2.24, 2.45) is 5.92 Å². The highest BCUT2D eigenvalue weighted by Crippen LogP contribution is 2.24. The third-order valence-electron chi connectivity index (χ3n) is 2.53. The van der Waals surface area contributed by atoms with Crippen molar-refractivity contribution in [3.8, 4) is 11.3 Å². The molecule has 1 heterocycles. The fourth-order valence-corrected chi connectivity index (χ4v) is 2.61. The fourth-order valence-electron chi connectivity index (χ4n) is 1.52. The van der Waals surface area contributed by atoms with Crippen LogP contribution in [0.5, 0.6) is 0 Å². The summed E-state index contributed by atoms with van der Waals surface area (Å²) in [6, 6.07) is 7.67. The first kappa shape index (κ1) is 12.6. The summed E-state index contributed by atoms with van der Waals surface area (Å²) >= 11 is 7.48. The average Bonchev–Trinajstić information content (AvgIpc) is 2.78. The number of rotatable bonds is 4. The molecule has 0 saturated heterocycles. The van der Waals surface area contributed by atoms with E-state index in [0.717, 1.165) is 27.7 Å². The molecule has 0 aliphatic heterocycles. The van der Waals surface area contributed by atoms with Crippen LogP contribution in [0.25, 0.3) is 11.3 Å². The highest BCUT2D eigenvalue weighted by Gasteiger charge is 2.08. The quantitative estimate of drug-likeness (QED) is 0.918. The Morgan fingerprint density at radius 3 is 2.71 bits per heavy atom. The van der Waals surface area contributed by atoms with Gasteiger partial charge in [-0.15, -0.1) is 11.3 Å². The molecule has 4 heteroatoms. The van der Waals surface area contributed by atoms with E-state index < -0.39 is 0 Å². The number of thiazole rings is 1. The molecule has 0 aliphatic carbocycles. The zero-order valence-corrected chi connectivity index (χ0v) is 11.1. The second-order valence-electron chi connectivity index (χ2n) is 4.13. The van der Waals surface area contributed by atoms with Crippen LogP contribution < -0.4 is 0 Å². The molecule has 2 rings (SSSR count). The molecule has 1 N–H and O–H groups in total. The molecule has 0 aliphatic rings. The standard InChI is InChI=1S/C13H14ClNOS/c1-9(7-16)6-13-15-12(8-17-13)10-2-4-11(14)5-3-10/h2-5,8-9,16H,6-7H2,1H3. The van der Waals surface area contributed by atoms with E-state index in [0.29, 0.717) is 0 Å². The molecule has 2 nitrogen and oxygen atoms in total. The molecular formula is C13H14ClNOS. The van der Waals surface area contributed by atoms with Crippen molar-refractivity contribution in [3.63, 3.8) is 0 Å². The van der Waals surface area contributed by atoms with Crippen molar-refractivity contribution in [3.05, 3.63) is 39.7 Å². The van der Waals surface area contributed by atoms with Gasteiger partial charge < -0.3 is 5.11 Å². The molecule has 2 aromatic rings. The van der Waals surface area contributed by atoms with E-state index in [9.17, 15) is 0 Å². The van der Waals surface area contributed by atoms with Crippen LogP contribution in [0.3, 0.4) is 0 Å². The third kappa shape index (κ3) is 3.28. The summed E-state index contributed by atoms with van der Waals surface area (Å²) in [5.41, 5.74) is 2.06. The van der Waals surface area contributed by atoms with Crippen molar-refractivity contribution in [2.45, 2.75) is 13.3 Å². The predicted molar refractivity (Wildman–Crippen MR) is 72.5 cm³/mol. The van der Waals surface area contributed by atoms with E-state index in [1.807, 2.05) is 36.6 Å². The maximum absolute atomic E-state index is 9.01. The number of benzene rings is 1. The molecule has 0 spiro atoms. The molecule has 1 unspecified atom stereocenters. The summed E-state index contributed by atoms with van der Waals surface area (Å²) in [7, 11) is 0. The van der Waals surface area contributed by atoms with Crippen molar-refractivity contribution >= 4 is 22.9 Å². The van der Waals surface area contributed by atoms with Crippen molar-refractivity contribution < 1.29 is 5.11 Å². The van der Waals surface area contributed by atoms with Crippen LogP contribution in [0, 0.1) is 5.92 Å². The van der Waals surface area contributed by atoms with E-state index in [2.05, 4.69) is 4.98 Å². The maximum Gasteiger partial charge on any atom is 0.0936 e. The fraction of sp³-hybridized carbons (Fsp3) is 0.308. The van der Waals surface area contributed by atoms with Gasteiger partial charge in [0.2, 0.25) is 0 Å². The van der Waals surface area contributed by atoms with Gasteiger partial charge in [-0.25, -0.2) is 4.98 Å². The van der Waals surface area contributed by atoms with Gasteiger partial charge in [0.1, 0.15) is 0 Å². The molecule has 17 heavy (non-hydrogen) atoms. The molecule has 0 amide bonds. The van der Waals surface area contributed by atoms with Gasteiger partial charge in [-0.1, -0.05) is 30.7 Å². The monoisotopic (exact) mass is 267 g/mol. The Morgan fingerprint density at radius 1 is 1.35 bits per heavy atom. The molecule has 0 bridgehead atoms. The highest BCUT2D eigenvalue weighted by atomic mass is 35.5. The molecule has 0 radical (unpaired) electrons. The van der Waals surface area contributed by atoms with Gasteiger partial charge in [0, 0.05) is 29.0 Å². The van der Waals surface area contributed by atoms with Gasteiger partial charge in [-0.2, -0.15) is 0 Å². The van der Waals surface area contributed by atoms with Gasteiger partial charge in [0.05, 0.1) is 10.7 Å². The minimum atomic E-state index is 0.204. The van der Waals surface area contributed by atoms with Gasteiger partial charge in [0.25, 0.3) is 0 Å². The van der Waals surface area contributed by atoms with E-state index in [-0.39, 0.29) is 12.5 Å². The van der Waals surface area contributed by atoms with Gasteiger partial charge >= 0.3 is 0 Å². The first-order chi connectivity index (χ1) is 8.19. The molecule has 1 aromatic carbocycles. The number of aliphatic hydroxyl groups excluding tert-OH is 1. The van der Waals surface area contributed by atoms with Crippen LogP contribution in [0.4, 0.5) is 0 Å². The lowest BCUT2D eigenvalue weighted by Crippen LogP contribution is -2.03. The third-order valence-corrected chi connectivity index (χ3v) is 3.65. The van der Waals surface area contributed by atoms with Crippen LogP contribution >= 0.6 is 22.9 Å². The molecule has 0 saturated carbocycles. The lowest BCUT2D eigenvalue weighted by Gasteiger charge is -2.03. The number of nitrogens with zero attached hydrogens (tertiary/aromatic N) is 1. The first-order valence-electron chi connectivity index (χ1n) is 5.50. The topological polar surface area (TPSA) is 33.1 Å². The molecule has 1 atom stereocenters. The molecule has 0 fully saturated rings. The largest absolute Gasteiger partial charge is 0.396 e. The highest BCUT2D eigenvalue weighted by molar-refractivity contribution is 7.09. The maximum atomic E-state index is 9.01. The summed E-state index contributed by atoms with van der Waals surface area (Å²) in [4.78, 5) is 4.56. The Kier molecular flexibility index (Phi) is 4.15. The summed E-state index contributed by atoms with van der Waals surface area (Å²) in [6.07, 6.45) is 0.828. The van der Waals surface area contributed by atoms with E-state index in [4.69, 9.17) is 16.7 Å². The van der Waals surface area contributed by atoms with Crippen molar-refractivity contribution in [2.75, 3.05) is 6.61 Å². The van der Waals surface area contributed by atoms with E-state index >= 15 is 0 Å². The van der Waals surface area contributed by atoms with Crippen LogP contribution in [0.1, 0.15) is 11.9 Å². The number of aromatic nitrogens is 1. The Hall–Kier alpha value is -0.900. The van der Waals surface area contributed by atoms with Crippen molar-refractivity contribution in [1.82, 2.24) is 4.98 Å². The van der Waals surface area contributed by atoms with Crippen molar-refractivity contribution in [1.29, 1.82) is 0 Å². The van der Waals surface area contributed by atoms with Crippen LogP contribution in [0.2, 0.25) is 5.02 Å². The number of hydrogen-bond acceptors (Lipinski definition) is 3. The Labute approximate surface area is 110 Å². The molecule has 90 valence electrons. The zero-order valence-electron chi connectivity index (χ0n) is 9.56. The Bertz CT molecular complexity index is 480. The van der Waals surface area contributed by atoms with Gasteiger partial charge in [-0.3, -0.25) is 0 Å². The Balaban J connectivity index is 2.15. The lowest BCUT2D eigenvalue weighted by atomic mass is 10.1. The normalized spacial score (nSPS) is 12.6. The van der Waals surface area contributed by atoms with E-state index in [1.54, 1.807) is 11.3 Å². The Morgan fingerprint density at radius 2 is 2.06 bits per heavy atom. The molecule has 1 aromatic heterocycles. The second-order valence-corrected chi connectivity index (χ2v) is 5.50. The smallest absolute Gasteiger partial charge is 0.0936 e. The summed E-state index contributed by atoms with van der Waals surface area (Å²) in [5.74, 6) is 0.263. The van der Waals surface area contributed by atoms with E-state index in [1.165, 1.54) is 0 Å². The van der Waals surface area contributed by atoms with Gasteiger partial charge in [0.15, 0.2) is 0 Å². The summed E-state index contributed by atoms with van der Waals surface area (Å²) < 4.78 is 0. The van der Waals surface area contributed by atoms with Crippen LogP contribution in [0.15, 0.2) is 29.6 Å². The second kappa shape index (κ2) is 5.63. The summed E-state index contributed by atoms with van der Waals surface area (Å²) in [5, 5.41) is 12.9. The van der Waals surface area contributed by atoms with Crippen LogP contribution in [-0.4, -0.2) is 16.7 Å². The van der Waals surface area contributed by atoms with Crippen LogP contribution in [-0.2, 0) is 6.42 Å². The first-order valence-corrected chi connectivity index (χ1v) is 6.76. The zero-order chi connectivity index (χ0) is 12.3. The average molecular weight is 268 g/mol. The van der Waals surface area contributed by atoms with Gasteiger partial charge in [-0.05, 0) is 18.1 Å². The predicted octanol–water partition coefficient (Wildman–Crippen LogP) is 3.63. The number of aliphatic hydroxyl groups is 1. The molecular weight excluding hydrogens is 254 g/mol. The minimum Gasteiger partial charge on any atom is -0.396 e. The summed E-state index contributed by atoms with van der Waals surface area (Å²) in [6.45, 7) is 2.22. The SMILES string of the molecule is CC(CO)Cc1nc(-c2ccc(Cl)cc2)cs1. The number of halogens is 1. The number of hydrogen-bond donors (Lipinski definition) is 1. The minimum absolute atomic E-state index is 0.204.